The van der Waals surface area contributed by atoms with Crippen molar-refractivity contribution < 1.29 is 4.79 Å². The quantitative estimate of drug-likeness (QED) is 0.511. The molecule has 0 saturated heterocycles. The Morgan fingerprint density at radius 1 is 1.31 bits per heavy atom. The van der Waals surface area contributed by atoms with E-state index >= 15 is 0 Å². The first-order valence-electron chi connectivity index (χ1n) is 5.32. The lowest BCUT2D eigenvalue weighted by Crippen LogP contribution is -2.06. The second kappa shape index (κ2) is 14.2. The second-order valence-corrected chi connectivity index (χ2v) is 3.36. The molecule has 0 spiro atoms. The molecule has 0 fully saturated rings. The van der Waals surface area contributed by atoms with Gasteiger partial charge in [0.1, 0.15) is 6.29 Å². The van der Waals surface area contributed by atoms with Gasteiger partial charge in [0, 0.05) is 5.92 Å². The molecule has 0 bridgehead atoms. The van der Waals surface area contributed by atoms with Crippen LogP contribution in [-0.2, 0) is 4.79 Å². The smallest absolute Gasteiger partial charge is 0.122 e. The lowest BCUT2D eigenvalue weighted by molar-refractivity contribution is -0.110. The highest BCUT2D eigenvalue weighted by atomic mass is 16.1. The zero-order valence-corrected chi connectivity index (χ0v) is 9.60. The molecule has 13 heavy (non-hydrogen) atoms. The molecule has 1 N–H and O–H groups in total. The molecule has 1 unspecified atom stereocenters. The molecule has 80 valence electrons. The third kappa shape index (κ3) is 18.5. The van der Waals surface area contributed by atoms with Crippen molar-refractivity contribution in [2.75, 3.05) is 13.6 Å². The average Bonchev–Trinajstić information content (AvgIpc) is 2.16. The van der Waals surface area contributed by atoms with Gasteiger partial charge in [-0.1, -0.05) is 33.6 Å². The molecule has 0 aromatic rings. The van der Waals surface area contributed by atoms with Crippen molar-refractivity contribution in [3.63, 3.8) is 0 Å². The van der Waals surface area contributed by atoms with Crippen LogP contribution in [0.15, 0.2) is 0 Å². The van der Waals surface area contributed by atoms with Gasteiger partial charge in [0.25, 0.3) is 0 Å². The molecule has 0 aliphatic heterocycles. The van der Waals surface area contributed by atoms with E-state index in [1.54, 1.807) is 0 Å². The summed E-state index contributed by atoms with van der Waals surface area (Å²) in [5.41, 5.74) is 0. The minimum Gasteiger partial charge on any atom is -0.320 e. The van der Waals surface area contributed by atoms with Crippen LogP contribution in [0.2, 0.25) is 0 Å². The zero-order valence-electron chi connectivity index (χ0n) is 9.60. The van der Waals surface area contributed by atoms with Gasteiger partial charge in [0.05, 0.1) is 0 Å². The van der Waals surface area contributed by atoms with Crippen molar-refractivity contribution in [1.29, 1.82) is 0 Å². The normalized spacial score (nSPS) is 11.4. The van der Waals surface area contributed by atoms with Crippen LogP contribution in [0, 0.1) is 5.92 Å². The predicted molar refractivity (Wildman–Crippen MR) is 59.0 cm³/mol. The Morgan fingerprint density at radius 3 is 2.08 bits per heavy atom. The van der Waals surface area contributed by atoms with E-state index in [-0.39, 0.29) is 5.92 Å². The van der Waals surface area contributed by atoms with Gasteiger partial charge in [-0.25, -0.2) is 0 Å². The minimum atomic E-state index is 0.269. The third-order valence-corrected chi connectivity index (χ3v) is 1.76. The first-order chi connectivity index (χ1) is 6.22. The summed E-state index contributed by atoms with van der Waals surface area (Å²) in [5, 5.41) is 3.07. The molecule has 0 heterocycles. The summed E-state index contributed by atoms with van der Waals surface area (Å²) in [5.74, 6) is 0.269. The number of carbonyl (C=O) groups is 1. The molecule has 0 rings (SSSR count). The lowest BCUT2D eigenvalue weighted by Gasteiger charge is -1.94. The van der Waals surface area contributed by atoms with E-state index in [4.69, 9.17) is 0 Å². The van der Waals surface area contributed by atoms with Crippen LogP contribution in [0.4, 0.5) is 0 Å². The molecule has 0 amide bonds. The van der Waals surface area contributed by atoms with Crippen molar-refractivity contribution in [2.24, 2.45) is 5.92 Å². The Morgan fingerprint density at radius 2 is 1.92 bits per heavy atom. The second-order valence-electron chi connectivity index (χ2n) is 3.36. The zero-order chi connectivity index (χ0) is 10.5. The van der Waals surface area contributed by atoms with Crippen molar-refractivity contribution in [3.8, 4) is 0 Å². The van der Waals surface area contributed by atoms with Crippen LogP contribution in [0.25, 0.3) is 0 Å². The van der Waals surface area contributed by atoms with Gasteiger partial charge in [-0.2, -0.15) is 0 Å². The predicted octanol–water partition coefficient (Wildman–Crippen LogP) is 2.63. The highest BCUT2D eigenvalue weighted by Gasteiger charge is 1.93. The number of rotatable bonds is 6. The molecule has 0 aromatic carbocycles. The fourth-order valence-corrected chi connectivity index (χ4v) is 0.877. The van der Waals surface area contributed by atoms with Gasteiger partial charge < -0.3 is 10.1 Å². The van der Waals surface area contributed by atoms with Crippen LogP contribution in [0.5, 0.6) is 0 Å². The average molecular weight is 187 g/mol. The Hall–Kier alpha value is -0.370. The topological polar surface area (TPSA) is 29.1 Å². The molecule has 1 atom stereocenters. The maximum Gasteiger partial charge on any atom is 0.122 e. The maximum absolute atomic E-state index is 9.89. The number of carbonyl (C=O) groups excluding carboxylic acids is 1. The Bertz CT molecular complexity index is 90.1. The minimum absolute atomic E-state index is 0.269. The summed E-state index contributed by atoms with van der Waals surface area (Å²) in [7, 11) is 1.98. The standard InChI is InChI=1S/C6H12O.C5H13N/c1-3-4-6(2)5-7;1-3-4-5-6-2/h5-6H,3-4H2,1-2H3;6H,3-5H2,1-2H3. The third-order valence-electron chi connectivity index (χ3n) is 1.76. The van der Waals surface area contributed by atoms with Crippen molar-refractivity contribution in [3.05, 3.63) is 0 Å². The van der Waals surface area contributed by atoms with Crippen molar-refractivity contribution in [1.82, 2.24) is 5.32 Å². The molecule has 0 aliphatic carbocycles. The number of unbranched alkanes of at least 4 members (excludes halogenated alkanes) is 1. The SMILES string of the molecule is CCCC(C)C=O.CCCCNC. The van der Waals surface area contributed by atoms with Gasteiger partial charge in [0.15, 0.2) is 0 Å². The van der Waals surface area contributed by atoms with Gasteiger partial charge in [0.2, 0.25) is 0 Å². The summed E-state index contributed by atoms with van der Waals surface area (Å²) in [6.45, 7) is 7.38. The van der Waals surface area contributed by atoms with E-state index in [9.17, 15) is 4.79 Å². The summed E-state index contributed by atoms with van der Waals surface area (Å²) in [6.07, 6.45) is 5.74. The fraction of sp³-hybridized carbons (Fsp3) is 0.909. The summed E-state index contributed by atoms with van der Waals surface area (Å²) < 4.78 is 0. The Labute approximate surface area is 83.1 Å². The first kappa shape index (κ1) is 15.1. The molecule has 0 aliphatic rings. The van der Waals surface area contributed by atoms with E-state index < -0.39 is 0 Å². The van der Waals surface area contributed by atoms with Crippen LogP contribution >= 0.6 is 0 Å². The van der Waals surface area contributed by atoms with E-state index in [0.717, 1.165) is 25.7 Å². The Balaban J connectivity index is 0. The first-order valence-corrected chi connectivity index (χ1v) is 5.32. The molecule has 0 radical (unpaired) electrons. The van der Waals surface area contributed by atoms with Gasteiger partial charge in [-0.3, -0.25) is 0 Å². The number of aldehydes is 1. The lowest BCUT2D eigenvalue weighted by atomic mass is 10.1. The van der Waals surface area contributed by atoms with Crippen LogP contribution in [0.3, 0.4) is 0 Å². The van der Waals surface area contributed by atoms with E-state index in [1.165, 1.54) is 12.8 Å². The maximum atomic E-state index is 9.89. The van der Waals surface area contributed by atoms with Crippen molar-refractivity contribution in [2.45, 2.75) is 46.5 Å². The van der Waals surface area contributed by atoms with Crippen LogP contribution in [-0.4, -0.2) is 19.9 Å². The monoisotopic (exact) mass is 187 g/mol. The Kier molecular flexibility index (Phi) is 16.5. The highest BCUT2D eigenvalue weighted by molar-refractivity contribution is 5.52. The van der Waals surface area contributed by atoms with Crippen molar-refractivity contribution >= 4 is 6.29 Å². The van der Waals surface area contributed by atoms with Gasteiger partial charge in [-0.15, -0.1) is 0 Å². The molecule has 0 saturated carbocycles. The summed E-state index contributed by atoms with van der Waals surface area (Å²) in [6, 6.07) is 0. The van der Waals surface area contributed by atoms with Crippen LogP contribution in [0.1, 0.15) is 46.5 Å². The van der Waals surface area contributed by atoms with Gasteiger partial charge >= 0.3 is 0 Å². The van der Waals surface area contributed by atoms with E-state index in [1.807, 2.05) is 14.0 Å². The summed E-state index contributed by atoms with van der Waals surface area (Å²) in [4.78, 5) is 9.89. The largest absolute Gasteiger partial charge is 0.320 e. The van der Waals surface area contributed by atoms with E-state index in [2.05, 4.69) is 19.2 Å². The van der Waals surface area contributed by atoms with Gasteiger partial charge in [-0.05, 0) is 26.4 Å². The number of hydrogen-bond donors (Lipinski definition) is 1. The van der Waals surface area contributed by atoms with Crippen LogP contribution < -0.4 is 5.32 Å². The molecule has 2 heteroatoms. The molecule has 2 nitrogen and oxygen atoms in total. The molecule has 0 aromatic heterocycles. The number of nitrogens with one attached hydrogen (secondary N) is 1. The molecular weight excluding hydrogens is 162 g/mol. The summed E-state index contributed by atoms with van der Waals surface area (Å²) >= 11 is 0. The van der Waals surface area contributed by atoms with E-state index in [0.29, 0.717) is 0 Å². The fourth-order valence-electron chi connectivity index (χ4n) is 0.877. The highest BCUT2D eigenvalue weighted by Crippen LogP contribution is 1.98. The number of hydrogen-bond acceptors (Lipinski definition) is 2. The molecular formula is C11H25NO.